The number of hydrogen-bond donors (Lipinski definition) is 3. The molecule has 11 heteroatoms. The van der Waals surface area contributed by atoms with Crippen molar-refractivity contribution in [1.82, 2.24) is 24.7 Å². The Morgan fingerprint density at radius 3 is 2.55 bits per heavy atom. The van der Waals surface area contributed by atoms with Crippen LogP contribution in [0.2, 0.25) is 0 Å². The molecule has 11 nitrogen and oxygen atoms in total. The van der Waals surface area contributed by atoms with Crippen LogP contribution in [0.25, 0.3) is 5.65 Å². The Morgan fingerprint density at radius 2 is 1.91 bits per heavy atom. The van der Waals surface area contributed by atoms with Crippen molar-refractivity contribution in [2.24, 2.45) is 0 Å². The van der Waals surface area contributed by atoms with Crippen molar-refractivity contribution in [2.75, 3.05) is 20.3 Å². The number of aryl methyl sites for hydroxylation is 1. The van der Waals surface area contributed by atoms with Crippen molar-refractivity contribution in [3.63, 3.8) is 0 Å². The molecule has 0 radical (unpaired) electrons. The molecule has 33 heavy (non-hydrogen) atoms. The molecule has 3 aromatic rings. The minimum atomic E-state index is -0.686. The van der Waals surface area contributed by atoms with E-state index in [1.807, 2.05) is 26.8 Å². The maximum atomic E-state index is 13.1. The van der Waals surface area contributed by atoms with Crippen molar-refractivity contribution in [3.05, 3.63) is 46.6 Å². The molecule has 2 heterocycles. The van der Waals surface area contributed by atoms with E-state index in [0.717, 1.165) is 5.56 Å². The number of nitrogens with zero attached hydrogens (tertiary/aromatic N) is 4. The van der Waals surface area contributed by atoms with Gasteiger partial charge in [0.05, 0.1) is 6.61 Å². The molecule has 0 fully saturated rings. The van der Waals surface area contributed by atoms with Crippen molar-refractivity contribution >= 4 is 17.5 Å². The first-order chi connectivity index (χ1) is 15.5. The van der Waals surface area contributed by atoms with Crippen LogP contribution in [0.3, 0.4) is 0 Å². The molecule has 176 valence electrons. The molecule has 0 aliphatic heterocycles. The van der Waals surface area contributed by atoms with E-state index in [2.05, 4.69) is 15.5 Å². The molecule has 0 atom stereocenters. The largest absolute Gasteiger partial charge is 0.491 e. The van der Waals surface area contributed by atoms with E-state index in [9.17, 15) is 9.59 Å². The van der Waals surface area contributed by atoms with Crippen LogP contribution in [0.1, 0.15) is 42.3 Å². The third-order valence-electron chi connectivity index (χ3n) is 4.90. The maximum absolute atomic E-state index is 13.1. The van der Waals surface area contributed by atoms with Gasteiger partial charge < -0.3 is 19.9 Å². The molecule has 3 rings (SSSR count). The summed E-state index contributed by atoms with van der Waals surface area (Å²) in [6, 6.07) is 6.79. The number of hydrogen-bond acceptors (Lipinski definition) is 8. The summed E-state index contributed by atoms with van der Waals surface area (Å²) in [7, 11) is 1.43. The van der Waals surface area contributed by atoms with E-state index in [-0.39, 0.29) is 42.5 Å². The third-order valence-corrected chi connectivity index (χ3v) is 4.90. The first kappa shape index (κ1) is 23.9. The van der Waals surface area contributed by atoms with E-state index in [1.54, 1.807) is 19.1 Å². The van der Waals surface area contributed by atoms with Crippen LogP contribution in [0.15, 0.2) is 24.3 Å². The highest BCUT2D eigenvalue weighted by molar-refractivity contribution is 5.96. The molecular formula is C22H28N6O5. The van der Waals surface area contributed by atoms with Gasteiger partial charge in [-0.1, -0.05) is 20.8 Å². The lowest BCUT2D eigenvalue weighted by Gasteiger charge is -2.21. The van der Waals surface area contributed by atoms with Crippen molar-refractivity contribution in [1.29, 1.82) is 5.41 Å². The van der Waals surface area contributed by atoms with E-state index in [4.69, 9.17) is 20.0 Å². The van der Waals surface area contributed by atoms with Gasteiger partial charge in [0.25, 0.3) is 0 Å². The minimum Gasteiger partial charge on any atom is -0.491 e. The molecule has 0 unspecified atom stereocenters. The van der Waals surface area contributed by atoms with E-state index >= 15 is 0 Å². The average Bonchev–Trinajstić information content (AvgIpc) is 3.07. The summed E-state index contributed by atoms with van der Waals surface area (Å²) < 4.78 is 13.1. The number of carbonyl (C=O) groups is 2. The molecule has 1 amide bonds. The molecule has 0 spiro atoms. The second kappa shape index (κ2) is 9.41. The monoisotopic (exact) mass is 456 g/mol. The van der Waals surface area contributed by atoms with Crippen LogP contribution in [0, 0.1) is 12.3 Å². The predicted molar refractivity (Wildman–Crippen MR) is 119 cm³/mol. The number of Topliss-reactive ketones (excluding diaryl/α,β-unsaturated/α-hetero) is 1. The molecule has 0 saturated heterocycles. The molecular weight excluding hydrogens is 428 g/mol. The normalized spacial score (nSPS) is 11.5. The van der Waals surface area contributed by atoms with Crippen LogP contribution in [-0.2, 0) is 12.0 Å². The minimum absolute atomic E-state index is 0.00674. The Kier molecular flexibility index (Phi) is 6.82. The number of fused-ring (bicyclic) bond motifs is 1. The van der Waals surface area contributed by atoms with Gasteiger partial charge in [-0.15, -0.1) is 10.2 Å². The quantitative estimate of drug-likeness (QED) is 0.458. The zero-order valence-electron chi connectivity index (χ0n) is 19.3. The topological polar surface area (TPSA) is 144 Å². The summed E-state index contributed by atoms with van der Waals surface area (Å²) in [5.41, 5.74) is 1.93. The Morgan fingerprint density at radius 1 is 1.18 bits per heavy atom. The van der Waals surface area contributed by atoms with Crippen LogP contribution < -0.4 is 20.4 Å². The van der Waals surface area contributed by atoms with Gasteiger partial charge in [-0.05, 0) is 36.1 Å². The number of aromatic nitrogens is 4. The lowest BCUT2D eigenvalue weighted by atomic mass is 9.85. The SMILES string of the molecule is CNC(=O)Oc1cc(C)c2nn(CC(=O)c3cc(OCCO)cc(C(C)(C)C)c3)c(=N)n2n1. The second-order valence-electron chi connectivity index (χ2n) is 8.51. The van der Waals surface area contributed by atoms with Crippen LogP contribution >= 0.6 is 0 Å². The summed E-state index contributed by atoms with van der Waals surface area (Å²) in [6.45, 7) is 7.60. The van der Waals surface area contributed by atoms with Gasteiger partial charge in [-0.2, -0.15) is 4.52 Å². The molecule has 0 bridgehead atoms. The highest BCUT2D eigenvalue weighted by Crippen LogP contribution is 2.28. The molecule has 3 N–H and O–H groups in total. The number of aliphatic hydroxyl groups excluding tert-OH is 1. The van der Waals surface area contributed by atoms with Crippen LogP contribution in [0.4, 0.5) is 4.79 Å². The number of rotatable bonds is 7. The lowest BCUT2D eigenvalue weighted by molar-refractivity contribution is 0.0965. The second-order valence-corrected chi connectivity index (χ2v) is 8.51. The highest BCUT2D eigenvalue weighted by Gasteiger charge is 2.20. The van der Waals surface area contributed by atoms with Crippen molar-refractivity contribution in [3.8, 4) is 11.6 Å². The Bertz CT molecular complexity index is 1250. The summed E-state index contributed by atoms with van der Waals surface area (Å²) in [4.78, 5) is 24.6. The Hall–Kier alpha value is -3.73. The van der Waals surface area contributed by atoms with Gasteiger partial charge in [0.15, 0.2) is 11.4 Å². The van der Waals surface area contributed by atoms with Gasteiger partial charge in [0, 0.05) is 24.2 Å². The smallest absolute Gasteiger partial charge is 0.413 e. The van der Waals surface area contributed by atoms with Gasteiger partial charge in [0.1, 0.15) is 18.9 Å². The highest BCUT2D eigenvalue weighted by atomic mass is 16.6. The van der Waals surface area contributed by atoms with Crippen LogP contribution in [0.5, 0.6) is 11.6 Å². The van der Waals surface area contributed by atoms with E-state index in [1.165, 1.54) is 22.3 Å². The first-order valence-electron chi connectivity index (χ1n) is 10.4. The fourth-order valence-corrected chi connectivity index (χ4v) is 3.10. The fourth-order valence-electron chi connectivity index (χ4n) is 3.10. The Labute approximate surface area is 190 Å². The maximum Gasteiger partial charge on any atom is 0.413 e. The average molecular weight is 457 g/mol. The fraction of sp³-hybridized carbons (Fsp3) is 0.409. The summed E-state index contributed by atoms with van der Waals surface area (Å²) >= 11 is 0. The molecule has 0 aliphatic rings. The standard InChI is InChI=1S/C22H28N6O5/c1-13-8-18(33-21(31)24-5)25-28-19(13)26-27(20(28)23)12-17(30)14-9-15(22(2,3)4)11-16(10-14)32-7-6-29/h8-11,23,29H,6-7,12H2,1-5H3,(H,24,31). The van der Waals surface area contributed by atoms with Gasteiger partial charge in [0.2, 0.25) is 11.5 Å². The molecule has 2 aromatic heterocycles. The molecule has 0 saturated carbocycles. The van der Waals surface area contributed by atoms with Gasteiger partial charge in [-0.3, -0.25) is 10.2 Å². The van der Waals surface area contributed by atoms with Crippen molar-refractivity contribution in [2.45, 2.75) is 39.7 Å². The summed E-state index contributed by atoms with van der Waals surface area (Å²) in [6.07, 6.45) is -0.686. The number of amides is 1. The summed E-state index contributed by atoms with van der Waals surface area (Å²) in [5, 5.41) is 28.3. The zero-order valence-corrected chi connectivity index (χ0v) is 19.3. The third kappa shape index (κ3) is 5.37. The lowest BCUT2D eigenvalue weighted by Crippen LogP contribution is -2.27. The number of benzene rings is 1. The predicted octanol–water partition coefficient (Wildman–Crippen LogP) is 1.59. The number of ether oxygens (including phenoxy) is 2. The number of ketones is 1. The summed E-state index contributed by atoms with van der Waals surface area (Å²) in [5.74, 6) is 0.225. The van der Waals surface area contributed by atoms with Crippen LogP contribution in [-0.4, -0.2) is 56.6 Å². The molecule has 0 aliphatic carbocycles. The van der Waals surface area contributed by atoms with Gasteiger partial charge in [-0.25, -0.2) is 9.48 Å². The zero-order chi connectivity index (χ0) is 24.3. The first-order valence-corrected chi connectivity index (χ1v) is 10.4. The van der Waals surface area contributed by atoms with E-state index in [0.29, 0.717) is 22.5 Å². The van der Waals surface area contributed by atoms with E-state index < -0.39 is 6.09 Å². The van der Waals surface area contributed by atoms with Gasteiger partial charge >= 0.3 is 6.09 Å². The molecule has 1 aromatic carbocycles. The number of carbonyl (C=O) groups excluding carboxylic acids is 2. The number of aliphatic hydroxyl groups is 1. The van der Waals surface area contributed by atoms with Crippen molar-refractivity contribution < 1.29 is 24.2 Å². The number of nitrogens with one attached hydrogen (secondary N) is 2. The Balaban J connectivity index is 1.96.